The molecule has 1 N–H and O–H groups in total. The van der Waals surface area contributed by atoms with Crippen LogP contribution in [0.3, 0.4) is 0 Å². The molecule has 7 heteroatoms. The monoisotopic (exact) mass is 338 g/mol. The summed E-state index contributed by atoms with van der Waals surface area (Å²) in [5, 5.41) is 3.59. The van der Waals surface area contributed by atoms with E-state index in [0.29, 0.717) is 38.6 Å². The summed E-state index contributed by atoms with van der Waals surface area (Å²) >= 11 is 11.9. The fourth-order valence-corrected chi connectivity index (χ4v) is 2.43. The van der Waals surface area contributed by atoms with Gasteiger partial charge in [0.1, 0.15) is 0 Å². The molecule has 0 atom stereocenters. The fraction of sp³-hybridized carbons (Fsp3) is 0.267. The van der Waals surface area contributed by atoms with Gasteiger partial charge < -0.3 is 10.2 Å². The fourth-order valence-electron chi connectivity index (χ4n) is 1.93. The van der Waals surface area contributed by atoms with Crippen molar-refractivity contribution in [3.63, 3.8) is 0 Å². The van der Waals surface area contributed by atoms with Crippen LogP contribution in [-0.2, 0) is 0 Å². The second kappa shape index (κ2) is 6.50. The molecule has 116 valence electrons. The van der Waals surface area contributed by atoms with Crippen molar-refractivity contribution in [3.05, 3.63) is 45.2 Å². The van der Waals surface area contributed by atoms with Gasteiger partial charge in [-0.15, -0.1) is 0 Å². The van der Waals surface area contributed by atoms with Gasteiger partial charge in [-0.1, -0.05) is 23.2 Å². The molecule has 0 radical (unpaired) electrons. The number of aromatic nitrogens is 2. The van der Waals surface area contributed by atoms with Gasteiger partial charge in [0.05, 0.1) is 27.7 Å². The Hall–Kier alpha value is -1.85. The number of halogens is 2. The molecule has 2 rings (SSSR count). The molecule has 1 amide bonds. The molecule has 5 nitrogen and oxygen atoms in total. The summed E-state index contributed by atoms with van der Waals surface area (Å²) in [6.45, 7) is 3.64. The number of aryl methyl sites for hydroxylation is 2. The summed E-state index contributed by atoms with van der Waals surface area (Å²) in [7, 11) is 3.72. The van der Waals surface area contributed by atoms with E-state index in [2.05, 4.69) is 15.3 Å². The first-order chi connectivity index (χ1) is 10.3. The first kappa shape index (κ1) is 16.5. The Morgan fingerprint density at radius 1 is 1.14 bits per heavy atom. The summed E-state index contributed by atoms with van der Waals surface area (Å²) in [5.41, 5.74) is 2.31. The number of nitrogens with zero attached hydrogens (tertiary/aromatic N) is 3. The second-order valence-electron chi connectivity index (χ2n) is 5.04. The number of carbonyl (C=O) groups is 1. The zero-order chi connectivity index (χ0) is 16.4. The number of hydrogen-bond acceptors (Lipinski definition) is 4. The number of hydrogen-bond donors (Lipinski definition) is 1. The zero-order valence-corrected chi connectivity index (χ0v) is 14.2. The van der Waals surface area contributed by atoms with E-state index in [9.17, 15) is 4.79 Å². The van der Waals surface area contributed by atoms with Crippen molar-refractivity contribution in [2.75, 3.05) is 24.3 Å². The van der Waals surface area contributed by atoms with Gasteiger partial charge in [-0.3, -0.25) is 4.79 Å². The highest BCUT2D eigenvalue weighted by atomic mass is 35.5. The Labute approximate surface area is 139 Å². The number of rotatable bonds is 3. The van der Waals surface area contributed by atoms with Gasteiger partial charge in [-0.05, 0) is 32.0 Å². The molecule has 1 aromatic heterocycles. The van der Waals surface area contributed by atoms with E-state index in [1.807, 2.05) is 32.8 Å². The van der Waals surface area contributed by atoms with E-state index in [-0.39, 0.29) is 5.91 Å². The lowest BCUT2D eigenvalue weighted by atomic mass is 10.2. The van der Waals surface area contributed by atoms with Crippen molar-refractivity contribution >= 4 is 40.7 Å². The van der Waals surface area contributed by atoms with Crippen molar-refractivity contribution in [1.29, 1.82) is 0 Å². The summed E-state index contributed by atoms with van der Waals surface area (Å²) in [6.07, 6.45) is 0. The first-order valence-electron chi connectivity index (χ1n) is 6.58. The molecule has 0 spiro atoms. The van der Waals surface area contributed by atoms with Crippen molar-refractivity contribution in [2.24, 2.45) is 0 Å². The van der Waals surface area contributed by atoms with E-state index in [1.165, 1.54) is 6.07 Å². The lowest BCUT2D eigenvalue weighted by Gasteiger charge is -2.16. The van der Waals surface area contributed by atoms with E-state index in [4.69, 9.17) is 23.2 Å². The van der Waals surface area contributed by atoms with Crippen LogP contribution in [0.25, 0.3) is 0 Å². The molecule has 0 aliphatic heterocycles. The molecule has 0 aliphatic carbocycles. The van der Waals surface area contributed by atoms with Crippen LogP contribution in [0.5, 0.6) is 0 Å². The summed E-state index contributed by atoms with van der Waals surface area (Å²) in [6, 6.07) is 4.73. The van der Waals surface area contributed by atoms with Crippen LogP contribution < -0.4 is 10.2 Å². The number of benzene rings is 1. The lowest BCUT2D eigenvalue weighted by Crippen LogP contribution is -2.18. The highest BCUT2D eigenvalue weighted by Crippen LogP contribution is 2.24. The van der Waals surface area contributed by atoms with Crippen LogP contribution in [0.2, 0.25) is 10.0 Å². The number of amides is 1. The molecular weight excluding hydrogens is 323 g/mol. The Morgan fingerprint density at radius 3 is 2.23 bits per heavy atom. The lowest BCUT2D eigenvalue weighted by molar-refractivity contribution is 0.102. The molecule has 0 aliphatic rings. The van der Waals surface area contributed by atoms with Crippen LogP contribution >= 0.6 is 23.2 Å². The molecule has 0 bridgehead atoms. The van der Waals surface area contributed by atoms with Crippen molar-refractivity contribution in [1.82, 2.24) is 9.97 Å². The van der Waals surface area contributed by atoms with Gasteiger partial charge in [0.25, 0.3) is 5.91 Å². The van der Waals surface area contributed by atoms with Gasteiger partial charge in [0.15, 0.2) is 0 Å². The molecule has 1 aromatic carbocycles. The standard InChI is InChI=1S/C15H16Cl2N4O/c1-8-13(9(2)19-15(18-8)21(3)4)20-14(22)11-6-5-10(16)7-12(11)17/h5-7H,1-4H3,(H,20,22). The minimum atomic E-state index is -0.325. The normalized spacial score (nSPS) is 10.5. The summed E-state index contributed by atoms with van der Waals surface area (Å²) in [5.74, 6) is 0.270. The van der Waals surface area contributed by atoms with Crippen molar-refractivity contribution in [3.8, 4) is 0 Å². The maximum Gasteiger partial charge on any atom is 0.257 e. The molecule has 1 heterocycles. The topological polar surface area (TPSA) is 58.1 Å². The van der Waals surface area contributed by atoms with E-state index in [0.717, 1.165) is 0 Å². The third-order valence-electron chi connectivity index (χ3n) is 3.07. The SMILES string of the molecule is Cc1nc(N(C)C)nc(C)c1NC(=O)c1ccc(Cl)cc1Cl. The zero-order valence-electron chi connectivity index (χ0n) is 12.7. The number of anilines is 2. The van der Waals surface area contributed by atoms with Gasteiger partial charge >= 0.3 is 0 Å². The molecule has 0 unspecified atom stereocenters. The quantitative estimate of drug-likeness (QED) is 0.926. The average molecular weight is 339 g/mol. The molecule has 22 heavy (non-hydrogen) atoms. The van der Waals surface area contributed by atoms with Crippen LogP contribution in [0.1, 0.15) is 21.7 Å². The van der Waals surface area contributed by atoms with Gasteiger partial charge in [-0.25, -0.2) is 9.97 Å². The predicted octanol–water partition coefficient (Wildman–Crippen LogP) is 3.72. The van der Waals surface area contributed by atoms with Crippen molar-refractivity contribution in [2.45, 2.75) is 13.8 Å². The van der Waals surface area contributed by atoms with Gasteiger partial charge in [-0.2, -0.15) is 0 Å². The average Bonchev–Trinajstić information content (AvgIpc) is 2.42. The molecule has 2 aromatic rings. The highest BCUT2D eigenvalue weighted by molar-refractivity contribution is 6.37. The molecule has 0 saturated heterocycles. The maximum absolute atomic E-state index is 12.4. The Kier molecular flexibility index (Phi) is 4.88. The number of nitrogens with one attached hydrogen (secondary N) is 1. The maximum atomic E-state index is 12.4. The third kappa shape index (κ3) is 3.48. The molecular formula is C15H16Cl2N4O. The molecule has 0 saturated carbocycles. The van der Waals surface area contributed by atoms with E-state index < -0.39 is 0 Å². The Balaban J connectivity index is 2.32. The highest BCUT2D eigenvalue weighted by Gasteiger charge is 2.16. The third-order valence-corrected chi connectivity index (χ3v) is 3.62. The summed E-state index contributed by atoms with van der Waals surface area (Å²) < 4.78 is 0. The van der Waals surface area contributed by atoms with Gasteiger partial charge in [0.2, 0.25) is 5.95 Å². The van der Waals surface area contributed by atoms with Gasteiger partial charge in [0, 0.05) is 19.1 Å². The summed E-state index contributed by atoms with van der Waals surface area (Å²) in [4.78, 5) is 22.9. The second-order valence-corrected chi connectivity index (χ2v) is 5.89. The van der Waals surface area contributed by atoms with E-state index >= 15 is 0 Å². The van der Waals surface area contributed by atoms with Crippen molar-refractivity contribution < 1.29 is 4.79 Å². The van der Waals surface area contributed by atoms with Crippen LogP contribution in [0, 0.1) is 13.8 Å². The van der Waals surface area contributed by atoms with Crippen LogP contribution in [0.4, 0.5) is 11.6 Å². The Morgan fingerprint density at radius 2 is 1.73 bits per heavy atom. The Bertz CT molecular complexity index is 708. The van der Waals surface area contributed by atoms with E-state index in [1.54, 1.807) is 12.1 Å². The minimum Gasteiger partial charge on any atom is -0.347 e. The smallest absolute Gasteiger partial charge is 0.257 e. The minimum absolute atomic E-state index is 0.297. The first-order valence-corrected chi connectivity index (χ1v) is 7.34. The predicted molar refractivity (Wildman–Crippen MR) is 90.2 cm³/mol. The van der Waals surface area contributed by atoms with Crippen LogP contribution in [-0.4, -0.2) is 30.0 Å². The largest absolute Gasteiger partial charge is 0.347 e. The molecule has 0 fully saturated rings. The number of carbonyl (C=O) groups excluding carboxylic acids is 1. The van der Waals surface area contributed by atoms with Crippen LogP contribution in [0.15, 0.2) is 18.2 Å².